The number of nitrogens with zero attached hydrogens (tertiary/aromatic N) is 2. The molecule has 0 saturated heterocycles. The molecule has 0 spiro atoms. The molecule has 6 heteroatoms. The molecule has 1 amide bonds. The molecule has 1 aromatic heterocycles. The summed E-state index contributed by atoms with van der Waals surface area (Å²) in [6.07, 6.45) is 2.45. The average Bonchev–Trinajstić information content (AvgIpc) is 3.19. The number of phenolic OH excluding ortho intramolecular Hbond substituents is 1. The Morgan fingerprint density at radius 3 is 2.82 bits per heavy atom. The van der Waals surface area contributed by atoms with Crippen LogP contribution in [0.3, 0.4) is 0 Å². The normalized spacial score (nSPS) is 16.0. The summed E-state index contributed by atoms with van der Waals surface area (Å²) >= 11 is 0. The van der Waals surface area contributed by atoms with Gasteiger partial charge in [0.15, 0.2) is 5.82 Å². The van der Waals surface area contributed by atoms with Crippen LogP contribution in [0.2, 0.25) is 0 Å². The molecule has 0 aliphatic heterocycles. The van der Waals surface area contributed by atoms with E-state index in [4.69, 9.17) is 0 Å². The monoisotopic (exact) mass is 376 g/mol. The number of phenols is 1. The van der Waals surface area contributed by atoms with Crippen LogP contribution in [0.1, 0.15) is 55.5 Å². The zero-order chi connectivity index (χ0) is 19.7. The molecule has 1 aliphatic carbocycles. The van der Waals surface area contributed by atoms with E-state index in [1.165, 1.54) is 0 Å². The molecule has 1 atom stereocenters. The maximum absolute atomic E-state index is 13.1. The highest BCUT2D eigenvalue weighted by Crippen LogP contribution is 2.37. The number of amides is 1. The summed E-state index contributed by atoms with van der Waals surface area (Å²) in [5, 5.41) is 20.5. The van der Waals surface area contributed by atoms with E-state index in [1.807, 2.05) is 44.2 Å². The van der Waals surface area contributed by atoms with Crippen LogP contribution in [0.15, 0.2) is 42.5 Å². The molecule has 2 aromatic carbocycles. The number of para-hydroxylation sites is 1. The molecule has 1 heterocycles. The van der Waals surface area contributed by atoms with Crippen molar-refractivity contribution in [1.29, 1.82) is 0 Å². The number of carbonyl (C=O) groups excluding carboxylic acids is 1. The fourth-order valence-electron chi connectivity index (χ4n) is 3.76. The smallest absolute Gasteiger partial charge is 0.231 e. The van der Waals surface area contributed by atoms with E-state index in [0.29, 0.717) is 11.5 Å². The van der Waals surface area contributed by atoms with Crippen LogP contribution < -0.4 is 5.32 Å². The van der Waals surface area contributed by atoms with Crippen molar-refractivity contribution in [3.63, 3.8) is 0 Å². The quantitative estimate of drug-likeness (QED) is 0.631. The second-order valence-electron chi connectivity index (χ2n) is 7.52. The molecule has 0 saturated carbocycles. The van der Waals surface area contributed by atoms with Gasteiger partial charge in [0.05, 0.1) is 11.6 Å². The predicted octanol–water partition coefficient (Wildman–Crippen LogP) is 4.36. The number of rotatable bonds is 4. The van der Waals surface area contributed by atoms with Gasteiger partial charge in [-0.3, -0.25) is 9.89 Å². The van der Waals surface area contributed by atoms with Crippen LogP contribution in [0, 0.1) is 0 Å². The summed E-state index contributed by atoms with van der Waals surface area (Å²) in [5.41, 5.74) is 3.28. The molecule has 6 nitrogen and oxygen atoms in total. The standard InChI is InChI=1S/C22H24N4O2/c1-13(2)20-24-21(26-25-20)17-7-3-4-11-18(17)23-22(28)16-10-5-9-15-14(16)8-6-12-19(15)27/h3-4,6-8,11-13,16,27H,5,9-10H2,1-2H3,(H,23,28)(H,24,25,26). The Bertz CT molecular complexity index is 1010. The third-order valence-electron chi connectivity index (χ3n) is 5.27. The van der Waals surface area contributed by atoms with Crippen LogP contribution in [0.5, 0.6) is 5.75 Å². The lowest BCUT2D eigenvalue weighted by Crippen LogP contribution is -2.25. The molecule has 144 valence electrons. The number of hydrogen-bond donors (Lipinski definition) is 3. The van der Waals surface area contributed by atoms with Gasteiger partial charge in [0.2, 0.25) is 5.91 Å². The minimum atomic E-state index is -0.276. The molecule has 1 unspecified atom stereocenters. The lowest BCUT2D eigenvalue weighted by molar-refractivity contribution is -0.117. The first kappa shape index (κ1) is 18.2. The summed E-state index contributed by atoms with van der Waals surface area (Å²) in [5.74, 6) is 1.56. The number of benzene rings is 2. The van der Waals surface area contributed by atoms with E-state index in [0.717, 1.165) is 41.8 Å². The Kier molecular flexibility index (Phi) is 4.86. The third-order valence-corrected chi connectivity index (χ3v) is 5.27. The number of anilines is 1. The highest BCUT2D eigenvalue weighted by molar-refractivity contribution is 5.99. The van der Waals surface area contributed by atoms with Crippen molar-refractivity contribution in [2.75, 3.05) is 5.32 Å². The summed E-state index contributed by atoms with van der Waals surface area (Å²) in [4.78, 5) is 17.7. The van der Waals surface area contributed by atoms with Crippen molar-refractivity contribution in [1.82, 2.24) is 15.2 Å². The molecule has 3 aromatic rings. The minimum absolute atomic E-state index is 0.0707. The Morgan fingerprint density at radius 2 is 2.04 bits per heavy atom. The number of carbonyl (C=O) groups is 1. The average molecular weight is 376 g/mol. The van der Waals surface area contributed by atoms with Crippen molar-refractivity contribution < 1.29 is 9.90 Å². The van der Waals surface area contributed by atoms with Crippen molar-refractivity contribution in [3.8, 4) is 17.1 Å². The SMILES string of the molecule is CC(C)c1nc(-c2ccccc2NC(=O)C2CCCc3c(O)cccc32)n[nH]1. The number of hydrogen-bond acceptors (Lipinski definition) is 4. The number of aromatic nitrogens is 3. The van der Waals surface area contributed by atoms with Gasteiger partial charge < -0.3 is 10.4 Å². The lowest BCUT2D eigenvalue weighted by atomic mass is 9.82. The zero-order valence-electron chi connectivity index (χ0n) is 16.1. The lowest BCUT2D eigenvalue weighted by Gasteiger charge is -2.25. The maximum Gasteiger partial charge on any atom is 0.231 e. The summed E-state index contributed by atoms with van der Waals surface area (Å²) in [7, 11) is 0. The first-order valence-electron chi connectivity index (χ1n) is 9.68. The van der Waals surface area contributed by atoms with Gasteiger partial charge in [-0.2, -0.15) is 5.10 Å². The third kappa shape index (κ3) is 3.38. The Morgan fingerprint density at radius 1 is 1.21 bits per heavy atom. The first-order valence-corrected chi connectivity index (χ1v) is 9.68. The van der Waals surface area contributed by atoms with Gasteiger partial charge in [0.1, 0.15) is 11.6 Å². The van der Waals surface area contributed by atoms with Gasteiger partial charge in [0, 0.05) is 11.5 Å². The molecule has 3 N–H and O–H groups in total. The second-order valence-corrected chi connectivity index (χ2v) is 7.52. The fourth-order valence-corrected chi connectivity index (χ4v) is 3.76. The molecule has 0 bridgehead atoms. The maximum atomic E-state index is 13.1. The molecule has 4 rings (SSSR count). The van der Waals surface area contributed by atoms with Gasteiger partial charge in [0.25, 0.3) is 0 Å². The van der Waals surface area contributed by atoms with Crippen LogP contribution in [0.4, 0.5) is 5.69 Å². The van der Waals surface area contributed by atoms with E-state index in [1.54, 1.807) is 12.1 Å². The van der Waals surface area contributed by atoms with Gasteiger partial charge in [-0.1, -0.05) is 38.1 Å². The van der Waals surface area contributed by atoms with E-state index in [-0.39, 0.29) is 23.5 Å². The van der Waals surface area contributed by atoms with Gasteiger partial charge >= 0.3 is 0 Å². The second kappa shape index (κ2) is 7.46. The van der Waals surface area contributed by atoms with Crippen molar-refractivity contribution >= 4 is 11.6 Å². The van der Waals surface area contributed by atoms with Gasteiger partial charge in [-0.05, 0) is 48.6 Å². The summed E-state index contributed by atoms with van der Waals surface area (Å²) < 4.78 is 0. The Labute approximate surface area is 164 Å². The van der Waals surface area contributed by atoms with Crippen LogP contribution in [-0.2, 0) is 11.2 Å². The highest BCUT2D eigenvalue weighted by atomic mass is 16.3. The Hall–Kier alpha value is -3.15. The van der Waals surface area contributed by atoms with Gasteiger partial charge in [-0.15, -0.1) is 0 Å². The van der Waals surface area contributed by atoms with Crippen LogP contribution in [-0.4, -0.2) is 26.2 Å². The predicted molar refractivity (Wildman–Crippen MR) is 108 cm³/mol. The van der Waals surface area contributed by atoms with E-state index in [9.17, 15) is 9.90 Å². The topological polar surface area (TPSA) is 90.9 Å². The number of nitrogens with one attached hydrogen (secondary N) is 2. The molecular formula is C22H24N4O2. The van der Waals surface area contributed by atoms with E-state index >= 15 is 0 Å². The largest absolute Gasteiger partial charge is 0.508 e. The zero-order valence-corrected chi connectivity index (χ0v) is 16.1. The molecule has 1 aliphatic rings. The number of aromatic amines is 1. The van der Waals surface area contributed by atoms with Crippen molar-refractivity contribution in [2.24, 2.45) is 0 Å². The van der Waals surface area contributed by atoms with Crippen LogP contribution in [0.25, 0.3) is 11.4 Å². The number of fused-ring (bicyclic) bond motifs is 1. The molecule has 0 radical (unpaired) electrons. The summed E-state index contributed by atoms with van der Waals surface area (Å²) in [6.45, 7) is 4.10. The van der Waals surface area contributed by atoms with Crippen molar-refractivity contribution in [3.05, 3.63) is 59.4 Å². The van der Waals surface area contributed by atoms with Crippen LogP contribution >= 0.6 is 0 Å². The molecule has 0 fully saturated rings. The highest BCUT2D eigenvalue weighted by Gasteiger charge is 2.28. The van der Waals surface area contributed by atoms with Crippen molar-refractivity contribution in [2.45, 2.75) is 44.9 Å². The number of aromatic hydroxyl groups is 1. The molecule has 28 heavy (non-hydrogen) atoms. The number of H-pyrrole nitrogens is 1. The van der Waals surface area contributed by atoms with Gasteiger partial charge in [-0.25, -0.2) is 4.98 Å². The van der Waals surface area contributed by atoms with E-state index in [2.05, 4.69) is 20.5 Å². The fraction of sp³-hybridized carbons (Fsp3) is 0.318. The Balaban J connectivity index is 1.62. The summed E-state index contributed by atoms with van der Waals surface area (Å²) in [6, 6.07) is 13.0. The molecular weight excluding hydrogens is 352 g/mol. The minimum Gasteiger partial charge on any atom is -0.508 e. The van der Waals surface area contributed by atoms with E-state index < -0.39 is 0 Å². The first-order chi connectivity index (χ1) is 13.5.